The molecule has 1 amide bonds. The van der Waals surface area contributed by atoms with E-state index in [1.54, 1.807) is 31.3 Å². The summed E-state index contributed by atoms with van der Waals surface area (Å²) in [5.41, 5.74) is -0.116. The molecule has 5 nitrogen and oxygen atoms in total. The van der Waals surface area contributed by atoms with E-state index in [2.05, 4.69) is 0 Å². The molecule has 0 saturated carbocycles. The van der Waals surface area contributed by atoms with E-state index < -0.39 is 5.63 Å². The lowest BCUT2D eigenvalue weighted by atomic mass is 10.1. The fraction of sp³-hybridized carbons (Fsp3) is 0.333. The zero-order valence-corrected chi connectivity index (χ0v) is 11.3. The van der Waals surface area contributed by atoms with Crippen molar-refractivity contribution in [3.8, 4) is 0 Å². The summed E-state index contributed by atoms with van der Waals surface area (Å²) >= 11 is 0. The first-order chi connectivity index (χ1) is 9.63. The first-order valence-electron chi connectivity index (χ1n) is 6.52. The van der Waals surface area contributed by atoms with Crippen LogP contribution in [-0.2, 0) is 0 Å². The van der Waals surface area contributed by atoms with E-state index in [4.69, 9.17) is 9.52 Å². The number of hydrogen-bond donors (Lipinski definition) is 1. The highest BCUT2D eigenvalue weighted by Gasteiger charge is 2.17. The number of unbranched alkanes of at least 4 members (excludes halogenated alkanes) is 1. The lowest BCUT2D eigenvalue weighted by molar-refractivity contribution is 0.0786. The maximum Gasteiger partial charge on any atom is 0.349 e. The summed E-state index contributed by atoms with van der Waals surface area (Å²) in [6, 6.07) is 8.64. The van der Waals surface area contributed by atoms with Crippen LogP contribution in [0.4, 0.5) is 0 Å². The Balaban J connectivity index is 2.25. The molecule has 2 rings (SSSR count). The van der Waals surface area contributed by atoms with Crippen molar-refractivity contribution in [1.29, 1.82) is 0 Å². The Morgan fingerprint density at radius 3 is 2.80 bits per heavy atom. The Labute approximate surface area is 116 Å². The van der Waals surface area contributed by atoms with Crippen LogP contribution in [0.25, 0.3) is 11.0 Å². The molecule has 1 aromatic heterocycles. The van der Waals surface area contributed by atoms with E-state index in [0.29, 0.717) is 25.0 Å². The number of aliphatic hydroxyl groups excluding tert-OH is 1. The van der Waals surface area contributed by atoms with E-state index in [9.17, 15) is 9.59 Å². The third-order valence-electron chi connectivity index (χ3n) is 3.12. The summed E-state index contributed by atoms with van der Waals surface area (Å²) in [6.45, 7) is 0.589. The SMILES string of the molecule is CN(CCCCO)C(=O)c1cc2ccccc2oc1=O. The van der Waals surface area contributed by atoms with Gasteiger partial charge in [-0.25, -0.2) is 4.79 Å². The number of carbonyl (C=O) groups excluding carboxylic acids is 1. The van der Waals surface area contributed by atoms with E-state index in [0.717, 1.165) is 5.39 Å². The molecule has 2 aromatic rings. The topological polar surface area (TPSA) is 70.8 Å². The van der Waals surface area contributed by atoms with Gasteiger partial charge in [0.15, 0.2) is 0 Å². The minimum Gasteiger partial charge on any atom is -0.422 e. The van der Waals surface area contributed by atoms with Crippen molar-refractivity contribution in [2.24, 2.45) is 0 Å². The van der Waals surface area contributed by atoms with Crippen LogP contribution in [0.3, 0.4) is 0 Å². The number of para-hydroxylation sites is 1. The Morgan fingerprint density at radius 1 is 1.30 bits per heavy atom. The van der Waals surface area contributed by atoms with Gasteiger partial charge in [0.1, 0.15) is 11.1 Å². The molecule has 0 spiro atoms. The Hall–Kier alpha value is -2.14. The monoisotopic (exact) mass is 275 g/mol. The quantitative estimate of drug-likeness (QED) is 0.665. The van der Waals surface area contributed by atoms with Crippen molar-refractivity contribution in [2.75, 3.05) is 20.2 Å². The molecule has 0 fully saturated rings. The van der Waals surface area contributed by atoms with Crippen LogP contribution in [0.5, 0.6) is 0 Å². The number of amides is 1. The number of carbonyl (C=O) groups is 1. The fourth-order valence-corrected chi connectivity index (χ4v) is 1.98. The van der Waals surface area contributed by atoms with E-state index in [1.165, 1.54) is 4.90 Å². The van der Waals surface area contributed by atoms with Gasteiger partial charge in [0.05, 0.1) is 0 Å². The van der Waals surface area contributed by atoms with Gasteiger partial charge in [-0.05, 0) is 25.0 Å². The third-order valence-corrected chi connectivity index (χ3v) is 3.12. The number of aliphatic hydroxyl groups is 1. The van der Waals surface area contributed by atoms with Crippen LogP contribution in [-0.4, -0.2) is 36.1 Å². The Kier molecular flexibility index (Phi) is 4.53. The Morgan fingerprint density at radius 2 is 2.05 bits per heavy atom. The van der Waals surface area contributed by atoms with Crippen LogP contribution in [0, 0.1) is 0 Å². The highest BCUT2D eigenvalue weighted by Crippen LogP contribution is 2.13. The highest BCUT2D eigenvalue weighted by molar-refractivity contribution is 5.96. The van der Waals surface area contributed by atoms with Gasteiger partial charge in [-0.2, -0.15) is 0 Å². The van der Waals surface area contributed by atoms with Gasteiger partial charge in [-0.3, -0.25) is 4.79 Å². The molecule has 5 heteroatoms. The summed E-state index contributed by atoms with van der Waals surface area (Å²) in [5.74, 6) is -0.359. The van der Waals surface area contributed by atoms with Gasteiger partial charge in [0.25, 0.3) is 5.91 Å². The Bertz CT molecular complexity index is 662. The van der Waals surface area contributed by atoms with Crippen LogP contribution in [0.1, 0.15) is 23.2 Å². The number of fused-ring (bicyclic) bond motifs is 1. The molecule has 1 aromatic carbocycles. The number of hydrogen-bond acceptors (Lipinski definition) is 4. The summed E-state index contributed by atoms with van der Waals surface area (Å²) in [6.07, 6.45) is 1.32. The van der Waals surface area contributed by atoms with Gasteiger partial charge in [-0.15, -0.1) is 0 Å². The second kappa shape index (κ2) is 6.34. The summed E-state index contributed by atoms with van der Waals surface area (Å²) in [5, 5.41) is 9.45. The molecule has 0 unspecified atom stereocenters. The maximum absolute atomic E-state index is 12.2. The predicted octanol–water partition coefficient (Wildman–Crippen LogP) is 1.64. The second-order valence-corrected chi connectivity index (χ2v) is 4.64. The van der Waals surface area contributed by atoms with E-state index >= 15 is 0 Å². The van der Waals surface area contributed by atoms with Crippen LogP contribution in [0.2, 0.25) is 0 Å². The van der Waals surface area contributed by atoms with Gasteiger partial charge in [0, 0.05) is 25.6 Å². The van der Waals surface area contributed by atoms with Crippen molar-refractivity contribution in [3.63, 3.8) is 0 Å². The lowest BCUT2D eigenvalue weighted by Crippen LogP contribution is -2.31. The molecule has 0 bridgehead atoms. The fourth-order valence-electron chi connectivity index (χ4n) is 1.98. The molecule has 0 aliphatic heterocycles. The van der Waals surface area contributed by atoms with E-state index in [-0.39, 0.29) is 18.1 Å². The highest BCUT2D eigenvalue weighted by atomic mass is 16.4. The minimum absolute atomic E-state index is 0.0372. The van der Waals surface area contributed by atoms with Crippen LogP contribution >= 0.6 is 0 Å². The number of benzene rings is 1. The molecule has 0 aliphatic rings. The van der Waals surface area contributed by atoms with Gasteiger partial charge in [-0.1, -0.05) is 18.2 Å². The molecular weight excluding hydrogens is 258 g/mol. The third kappa shape index (κ3) is 3.05. The van der Waals surface area contributed by atoms with Gasteiger partial charge in [0.2, 0.25) is 0 Å². The second-order valence-electron chi connectivity index (χ2n) is 4.64. The number of nitrogens with zero attached hydrogens (tertiary/aromatic N) is 1. The molecule has 0 aliphatic carbocycles. The molecule has 1 N–H and O–H groups in total. The van der Waals surface area contributed by atoms with Crippen molar-refractivity contribution < 1.29 is 14.3 Å². The average molecular weight is 275 g/mol. The zero-order chi connectivity index (χ0) is 14.5. The van der Waals surface area contributed by atoms with Crippen molar-refractivity contribution in [1.82, 2.24) is 4.90 Å². The minimum atomic E-state index is -0.622. The molecule has 1 heterocycles. The van der Waals surface area contributed by atoms with Gasteiger partial charge < -0.3 is 14.4 Å². The normalized spacial score (nSPS) is 10.7. The van der Waals surface area contributed by atoms with Crippen LogP contribution in [0.15, 0.2) is 39.5 Å². The maximum atomic E-state index is 12.2. The molecule has 0 atom stereocenters. The standard InChI is InChI=1S/C15H17NO4/c1-16(8-4-5-9-17)14(18)12-10-11-6-2-3-7-13(11)20-15(12)19/h2-3,6-7,10,17H,4-5,8-9H2,1H3. The smallest absolute Gasteiger partial charge is 0.349 e. The summed E-state index contributed by atoms with van der Waals surface area (Å²) < 4.78 is 5.15. The predicted molar refractivity (Wildman–Crippen MR) is 75.8 cm³/mol. The molecule has 0 saturated heterocycles. The molecular formula is C15H17NO4. The summed E-state index contributed by atoms with van der Waals surface area (Å²) in [7, 11) is 1.63. The van der Waals surface area contributed by atoms with Crippen molar-refractivity contribution >= 4 is 16.9 Å². The molecule has 0 radical (unpaired) electrons. The lowest BCUT2D eigenvalue weighted by Gasteiger charge is -2.16. The van der Waals surface area contributed by atoms with Crippen molar-refractivity contribution in [3.05, 3.63) is 46.3 Å². The molecule has 106 valence electrons. The largest absolute Gasteiger partial charge is 0.422 e. The first-order valence-corrected chi connectivity index (χ1v) is 6.52. The average Bonchev–Trinajstić information content (AvgIpc) is 2.46. The first kappa shape index (κ1) is 14.3. The van der Waals surface area contributed by atoms with E-state index in [1.807, 2.05) is 6.07 Å². The van der Waals surface area contributed by atoms with Gasteiger partial charge >= 0.3 is 5.63 Å². The number of rotatable bonds is 5. The van der Waals surface area contributed by atoms with Crippen LogP contribution < -0.4 is 5.63 Å². The van der Waals surface area contributed by atoms with Crippen molar-refractivity contribution in [2.45, 2.75) is 12.8 Å². The summed E-state index contributed by atoms with van der Waals surface area (Å²) in [4.78, 5) is 25.5. The molecule has 20 heavy (non-hydrogen) atoms. The zero-order valence-electron chi connectivity index (χ0n) is 11.3.